The van der Waals surface area contributed by atoms with Gasteiger partial charge in [-0.1, -0.05) is 0 Å². The number of hydrogen-bond donors (Lipinski definition) is 2. The van der Waals surface area contributed by atoms with Gasteiger partial charge in [0.25, 0.3) is 0 Å². The maximum Gasteiger partial charge on any atom is 0.0147 e. The van der Waals surface area contributed by atoms with E-state index >= 15 is 0 Å². The minimum absolute atomic E-state index is 0.256. The summed E-state index contributed by atoms with van der Waals surface area (Å²) in [6.07, 6.45) is 5.65. The summed E-state index contributed by atoms with van der Waals surface area (Å²) in [4.78, 5) is 3.22. The molecule has 2 nitrogen and oxygen atoms in total. The number of aryl methyl sites for hydroxylation is 1. The number of unbranched alkanes of at least 4 members (excludes halogenated alkanes) is 1. The zero-order chi connectivity index (χ0) is 10.4. The predicted octanol–water partition coefficient (Wildman–Crippen LogP) is 2.73. The molecule has 1 heterocycles. The van der Waals surface area contributed by atoms with Gasteiger partial charge in [0.2, 0.25) is 0 Å². The van der Waals surface area contributed by atoms with Gasteiger partial charge in [0.05, 0.1) is 0 Å². The van der Waals surface area contributed by atoms with Gasteiger partial charge in [0.1, 0.15) is 0 Å². The highest BCUT2D eigenvalue weighted by atomic mass is 14.9. The minimum Gasteiger partial charge on any atom is -0.365 e. The average molecular weight is 194 g/mol. The van der Waals surface area contributed by atoms with E-state index in [0.717, 1.165) is 6.54 Å². The number of nitrogens with one attached hydrogen (secondary N) is 2. The van der Waals surface area contributed by atoms with Crippen LogP contribution in [0.5, 0.6) is 0 Å². The van der Waals surface area contributed by atoms with Crippen LogP contribution in [-0.4, -0.2) is 17.1 Å². The van der Waals surface area contributed by atoms with E-state index < -0.39 is 0 Å². The number of hydrogen-bond acceptors (Lipinski definition) is 1. The second-order valence-electron chi connectivity index (χ2n) is 4.83. The largest absolute Gasteiger partial charge is 0.365 e. The minimum atomic E-state index is 0.256. The topological polar surface area (TPSA) is 27.8 Å². The van der Waals surface area contributed by atoms with Crippen LogP contribution in [0, 0.1) is 0 Å². The lowest BCUT2D eigenvalue weighted by Gasteiger charge is -2.20. The van der Waals surface area contributed by atoms with Gasteiger partial charge in [-0.15, -0.1) is 0 Å². The number of H-pyrrole nitrogens is 1. The molecule has 0 aliphatic heterocycles. The van der Waals surface area contributed by atoms with Crippen molar-refractivity contribution in [3.8, 4) is 0 Å². The summed E-state index contributed by atoms with van der Waals surface area (Å²) < 4.78 is 0. The Hall–Kier alpha value is -0.760. The van der Waals surface area contributed by atoms with E-state index in [1.165, 1.54) is 25.0 Å². The second-order valence-corrected chi connectivity index (χ2v) is 4.83. The monoisotopic (exact) mass is 194 g/mol. The highest BCUT2D eigenvalue weighted by Gasteiger charge is 2.06. The van der Waals surface area contributed by atoms with E-state index in [9.17, 15) is 0 Å². The molecule has 80 valence electrons. The SMILES string of the molecule is CC(C)(C)NCCCCc1ccc[nH]1. The molecule has 0 atom stereocenters. The molecule has 0 aliphatic carbocycles. The Labute approximate surface area is 87.1 Å². The van der Waals surface area contributed by atoms with Gasteiger partial charge in [-0.2, -0.15) is 0 Å². The van der Waals surface area contributed by atoms with Gasteiger partial charge in [-0.3, -0.25) is 0 Å². The normalized spacial score (nSPS) is 11.9. The highest BCUT2D eigenvalue weighted by Crippen LogP contribution is 2.03. The quantitative estimate of drug-likeness (QED) is 0.693. The Kier molecular flexibility index (Phi) is 4.21. The molecule has 0 aliphatic rings. The number of aromatic nitrogens is 1. The Balaban J connectivity index is 2.00. The second kappa shape index (κ2) is 5.20. The first kappa shape index (κ1) is 11.3. The molecule has 0 unspecified atom stereocenters. The van der Waals surface area contributed by atoms with Gasteiger partial charge in [-0.05, 0) is 58.7 Å². The van der Waals surface area contributed by atoms with Crippen molar-refractivity contribution in [2.24, 2.45) is 0 Å². The fraction of sp³-hybridized carbons (Fsp3) is 0.667. The predicted molar refractivity (Wildman–Crippen MR) is 61.5 cm³/mol. The first-order valence-corrected chi connectivity index (χ1v) is 5.45. The summed E-state index contributed by atoms with van der Waals surface area (Å²) in [7, 11) is 0. The standard InChI is InChI=1S/C12H22N2/c1-12(2,3)14-10-5-4-7-11-8-6-9-13-11/h6,8-9,13-14H,4-5,7,10H2,1-3H3. The van der Waals surface area contributed by atoms with E-state index in [1.54, 1.807) is 0 Å². The Morgan fingerprint density at radius 2 is 2.07 bits per heavy atom. The molecule has 2 N–H and O–H groups in total. The zero-order valence-corrected chi connectivity index (χ0v) is 9.56. The molecule has 0 amide bonds. The van der Waals surface area contributed by atoms with Gasteiger partial charge in [0, 0.05) is 17.4 Å². The third-order valence-corrected chi connectivity index (χ3v) is 2.19. The van der Waals surface area contributed by atoms with Crippen LogP contribution < -0.4 is 5.32 Å². The molecule has 1 rings (SSSR count). The van der Waals surface area contributed by atoms with Crippen LogP contribution in [0.1, 0.15) is 39.3 Å². The smallest absolute Gasteiger partial charge is 0.0147 e. The maximum absolute atomic E-state index is 3.49. The van der Waals surface area contributed by atoms with Gasteiger partial charge < -0.3 is 10.3 Å². The lowest BCUT2D eigenvalue weighted by molar-refractivity contribution is 0.418. The summed E-state index contributed by atoms with van der Waals surface area (Å²) in [6.45, 7) is 7.73. The molecule has 14 heavy (non-hydrogen) atoms. The van der Waals surface area contributed by atoms with Crippen LogP contribution in [-0.2, 0) is 6.42 Å². The summed E-state index contributed by atoms with van der Waals surface area (Å²) in [5.74, 6) is 0. The fourth-order valence-electron chi connectivity index (χ4n) is 1.43. The highest BCUT2D eigenvalue weighted by molar-refractivity contribution is 5.03. The molecular weight excluding hydrogens is 172 g/mol. The van der Waals surface area contributed by atoms with Crippen molar-refractivity contribution in [2.75, 3.05) is 6.54 Å². The molecule has 0 spiro atoms. The van der Waals surface area contributed by atoms with Crippen LogP contribution in [0.3, 0.4) is 0 Å². The molecule has 0 saturated carbocycles. The maximum atomic E-state index is 3.49. The molecule has 0 fully saturated rings. The molecule has 2 heteroatoms. The Bertz CT molecular complexity index is 231. The lowest BCUT2D eigenvalue weighted by atomic mass is 10.1. The number of aromatic amines is 1. The molecule has 1 aromatic heterocycles. The van der Waals surface area contributed by atoms with Crippen molar-refractivity contribution < 1.29 is 0 Å². The van der Waals surface area contributed by atoms with Crippen molar-refractivity contribution >= 4 is 0 Å². The lowest BCUT2D eigenvalue weighted by Crippen LogP contribution is -2.36. The van der Waals surface area contributed by atoms with Crippen molar-refractivity contribution in [2.45, 2.75) is 45.6 Å². The molecule has 1 aromatic rings. The van der Waals surface area contributed by atoms with Crippen molar-refractivity contribution in [1.29, 1.82) is 0 Å². The van der Waals surface area contributed by atoms with E-state index in [4.69, 9.17) is 0 Å². The van der Waals surface area contributed by atoms with E-state index in [0.29, 0.717) is 0 Å². The Morgan fingerprint density at radius 3 is 2.64 bits per heavy atom. The summed E-state index contributed by atoms with van der Waals surface area (Å²) in [5.41, 5.74) is 1.60. The van der Waals surface area contributed by atoms with E-state index in [2.05, 4.69) is 43.2 Å². The summed E-state index contributed by atoms with van der Waals surface area (Å²) in [5, 5.41) is 3.49. The van der Waals surface area contributed by atoms with Crippen LogP contribution in [0.2, 0.25) is 0 Å². The van der Waals surface area contributed by atoms with Gasteiger partial charge >= 0.3 is 0 Å². The molecule has 0 radical (unpaired) electrons. The first-order valence-electron chi connectivity index (χ1n) is 5.45. The summed E-state index contributed by atoms with van der Waals surface area (Å²) >= 11 is 0. The summed E-state index contributed by atoms with van der Waals surface area (Å²) in [6, 6.07) is 4.21. The van der Waals surface area contributed by atoms with Gasteiger partial charge in [-0.25, -0.2) is 0 Å². The van der Waals surface area contributed by atoms with Crippen LogP contribution in [0.25, 0.3) is 0 Å². The van der Waals surface area contributed by atoms with Crippen molar-refractivity contribution in [1.82, 2.24) is 10.3 Å². The Morgan fingerprint density at radius 1 is 1.29 bits per heavy atom. The van der Waals surface area contributed by atoms with Crippen LogP contribution in [0.15, 0.2) is 18.3 Å². The average Bonchev–Trinajstić information content (AvgIpc) is 2.54. The van der Waals surface area contributed by atoms with E-state index in [-0.39, 0.29) is 5.54 Å². The molecule has 0 aromatic carbocycles. The van der Waals surface area contributed by atoms with Crippen molar-refractivity contribution in [3.63, 3.8) is 0 Å². The third-order valence-electron chi connectivity index (χ3n) is 2.19. The van der Waals surface area contributed by atoms with Crippen LogP contribution in [0.4, 0.5) is 0 Å². The fourth-order valence-corrected chi connectivity index (χ4v) is 1.43. The molecular formula is C12H22N2. The number of rotatable bonds is 5. The van der Waals surface area contributed by atoms with E-state index in [1.807, 2.05) is 6.20 Å². The molecule has 0 saturated heterocycles. The first-order chi connectivity index (χ1) is 6.58. The van der Waals surface area contributed by atoms with Gasteiger partial charge in [0.15, 0.2) is 0 Å². The zero-order valence-electron chi connectivity index (χ0n) is 9.56. The van der Waals surface area contributed by atoms with Crippen molar-refractivity contribution in [3.05, 3.63) is 24.0 Å². The third kappa shape index (κ3) is 5.07. The van der Waals surface area contributed by atoms with Crippen LogP contribution >= 0.6 is 0 Å². The molecule has 0 bridgehead atoms.